The van der Waals surface area contributed by atoms with Gasteiger partial charge >= 0.3 is 0 Å². The lowest BCUT2D eigenvalue weighted by molar-refractivity contribution is -0.133. The molecular weight excluding hydrogens is 330 g/mol. The number of hydrogen-bond acceptors (Lipinski definition) is 6. The van der Waals surface area contributed by atoms with Gasteiger partial charge in [0.25, 0.3) is 0 Å². The third-order valence-electron chi connectivity index (χ3n) is 6.02. The van der Waals surface area contributed by atoms with E-state index in [0.717, 1.165) is 63.4 Å². The van der Waals surface area contributed by atoms with Gasteiger partial charge in [0.05, 0.1) is 11.8 Å². The van der Waals surface area contributed by atoms with Crippen LogP contribution in [-0.2, 0) is 9.53 Å². The van der Waals surface area contributed by atoms with E-state index in [0.29, 0.717) is 12.0 Å². The van der Waals surface area contributed by atoms with Crippen LogP contribution in [0.4, 0.5) is 5.82 Å². The Morgan fingerprint density at radius 3 is 2.73 bits per heavy atom. The molecule has 0 saturated carbocycles. The molecule has 0 aromatic carbocycles. The molecule has 1 aromatic heterocycles. The second kappa shape index (κ2) is 7.48. The smallest absolute Gasteiger partial charge is 0.249 e. The van der Waals surface area contributed by atoms with Gasteiger partial charge in [-0.3, -0.25) is 4.79 Å². The van der Waals surface area contributed by atoms with Crippen molar-refractivity contribution in [3.05, 3.63) is 17.8 Å². The molecule has 7 nitrogen and oxygen atoms in total. The summed E-state index contributed by atoms with van der Waals surface area (Å²) in [5, 5.41) is 11.7. The minimum atomic E-state index is -0.297. The zero-order valence-electron chi connectivity index (χ0n) is 15.7. The molecule has 3 aliphatic rings. The van der Waals surface area contributed by atoms with Gasteiger partial charge in [0.1, 0.15) is 6.10 Å². The highest BCUT2D eigenvalue weighted by atomic mass is 16.5. The van der Waals surface area contributed by atoms with Crippen LogP contribution in [0.3, 0.4) is 0 Å². The molecule has 7 heteroatoms. The van der Waals surface area contributed by atoms with E-state index >= 15 is 0 Å². The minimum absolute atomic E-state index is 0.0793. The Morgan fingerprint density at radius 1 is 1.19 bits per heavy atom. The molecule has 1 aromatic rings. The number of likely N-dealkylation sites (tertiary alicyclic amines) is 1. The molecule has 1 N–H and O–H groups in total. The lowest BCUT2D eigenvalue weighted by Crippen LogP contribution is -2.47. The van der Waals surface area contributed by atoms with Crippen molar-refractivity contribution in [1.29, 1.82) is 0 Å². The summed E-state index contributed by atoms with van der Waals surface area (Å²) >= 11 is 0. The van der Waals surface area contributed by atoms with Gasteiger partial charge in [-0.25, -0.2) is 0 Å². The molecule has 3 saturated heterocycles. The predicted octanol–water partition coefficient (Wildman–Crippen LogP) is 0.979. The number of amides is 1. The number of hydrogen-bond donors (Lipinski definition) is 1. The molecule has 0 spiro atoms. The van der Waals surface area contributed by atoms with Gasteiger partial charge < -0.3 is 19.9 Å². The van der Waals surface area contributed by atoms with Crippen LogP contribution in [0.25, 0.3) is 0 Å². The van der Waals surface area contributed by atoms with Gasteiger partial charge in [0, 0.05) is 19.1 Å². The van der Waals surface area contributed by atoms with E-state index in [4.69, 9.17) is 4.74 Å². The molecule has 0 bridgehead atoms. The molecule has 142 valence electrons. The Morgan fingerprint density at radius 2 is 2.00 bits per heavy atom. The normalized spacial score (nSPS) is 30.2. The number of ether oxygens (including phenoxy) is 1. The number of nitrogens with one attached hydrogen (secondary N) is 1. The largest absolute Gasteiger partial charge is 0.363 e. The second-order valence-corrected chi connectivity index (χ2v) is 8.01. The summed E-state index contributed by atoms with van der Waals surface area (Å²) in [5.74, 6) is 1.45. The Hall–Kier alpha value is -1.73. The summed E-state index contributed by atoms with van der Waals surface area (Å²) < 4.78 is 6.15. The number of fused-ring (bicyclic) bond motifs is 1. The number of carbonyl (C=O) groups is 1. The Balaban J connectivity index is 1.31. The summed E-state index contributed by atoms with van der Waals surface area (Å²) in [6, 6.07) is 4.30. The third kappa shape index (κ3) is 3.83. The van der Waals surface area contributed by atoms with Crippen molar-refractivity contribution in [2.45, 2.75) is 50.9 Å². The number of rotatable bonds is 3. The van der Waals surface area contributed by atoms with Crippen molar-refractivity contribution in [3.63, 3.8) is 0 Å². The molecule has 4 heterocycles. The number of nitrogens with zero attached hydrogens (tertiary/aromatic N) is 4. The topological polar surface area (TPSA) is 70.6 Å². The first-order valence-corrected chi connectivity index (χ1v) is 9.78. The highest BCUT2D eigenvalue weighted by molar-refractivity contribution is 5.81. The second-order valence-electron chi connectivity index (χ2n) is 8.01. The van der Waals surface area contributed by atoms with Crippen molar-refractivity contribution in [2.75, 3.05) is 38.1 Å². The minimum Gasteiger partial charge on any atom is -0.363 e. The molecule has 3 fully saturated rings. The van der Waals surface area contributed by atoms with E-state index in [1.54, 1.807) is 0 Å². The molecule has 4 rings (SSSR count). The predicted molar refractivity (Wildman–Crippen MR) is 99.0 cm³/mol. The fourth-order valence-electron chi connectivity index (χ4n) is 4.31. The van der Waals surface area contributed by atoms with Crippen LogP contribution in [0.1, 0.15) is 31.4 Å². The number of anilines is 1. The van der Waals surface area contributed by atoms with E-state index < -0.39 is 0 Å². The Kier molecular flexibility index (Phi) is 5.09. The van der Waals surface area contributed by atoms with Crippen LogP contribution in [0.15, 0.2) is 12.1 Å². The van der Waals surface area contributed by atoms with Crippen molar-refractivity contribution >= 4 is 11.7 Å². The van der Waals surface area contributed by atoms with Gasteiger partial charge in [-0.15, -0.1) is 5.10 Å². The molecule has 26 heavy (non-hydrogen) atoms. The van der Waals surface area contributed by atoms with Crippen molar-refractivity contribution < 1.29 is 9.53 Å². The van der Waals surface area contributed by atoms with E-state index in [2.05, 4.69) is 32.4 Å². The van der Waals surface area contributed by atoms with Crippen molar-refractivity contribution in [3.8, 4) is 0 Å². The van der Waals surface area contributed by atoms with Gasteiger partial charge in [-0.2, -0.15) is 5.10 Å². The number of aromatic nitrogens is 2. The monoisotopic (exact) mass is 359 g/mol. The molecule has 3 aliphatic heterocycles. The number of aryl methyl sites for hydroxylation is 1. The fraction of sp³-hybridized carbons (Fsp3) is 0.737. The SMILES string of the molecule is Cc1ccc(N2CC[C@H]3C[C@H](C(=O)NC4CCN(C)CC4)O[C@H]3C2)nn1. The van der Waals surface area contributed by atoms with Crippen molar-refractivity contribution in [2.24, 2.45) is 5.92 Å². The van der Waals surface area contributed by atoms with Gasteiger partial charge in [-0.05, 0) is 70.8 Å². The number of piperidine rings is 2. The molecule has 1 amide bonds. The average Bonchev–Trinajstić information content (AvgIpc) is 3.08. The summed E-state index contributed by atoms with van der Waals surface area (Å²) in [7, 11) is 2.13. The van der Waals surface area contributed by atoms with Crippen LogP contribution < -0.4 is 10.2 Å². The molecular formula is C19H29N5O2. The first-order chi connectivity index (χ1) is 12.6. The lowest BCUT2D eigenvalue weighted by atomic mass is 9.91. The van der Waals surface area contributed by atoms with Gasteiger partial charge in [0.15, 0.2) is 5.82 Å². The first-order valence-electron chi connectivity index (χ1n) is 9.78. The summed E-state index contributed by atoms with van der Waals surface area (Å²) in [6.45, 7) is 5.78. The lowest BCUT2D eigenvalue weighted by Gasteiger charge is -2.34. The average molecular weight is 359 g/mol. The third-order valence-corrected chi connectivity index (χ3v) is 6.02. The standard InChI is InChI=1S/C19H29N5O2/c1-13-3-4-18(22-21-13)24-10-5-14-11-16(26-17(14)12-24)19(25)20-15-6-8-23(2)9-7-15/h3-4,14-17H,5-12H2,1-2H3,(H,20,25)/t14-,16+,17-/m0/s1. The quantitative estimate of drug-likeness (QED) is 0.868. The Bertz CT molecular complexity index is 629. The van der Waals surface area contributed by atoms with E-state index in [1.807, 2.05) is 19.1 Å². The molecule has 0 radical (unpaired) electrons. The number of carbonyl (C=O) groups excluding carboxylic acids is 1. The summed E-state index contributed by atoms with van der Waals surface area (Å²) in [6.07, 6.45) is 3.76. The zero-order chi connectivity index (χ0) is 18.1. The summed E-state index contributed by atoms with van der Waals surface area (Å²) in [5.41, 5.74) is 0.923. The van der Waals surface area contributed by atoms with Gasteiger partial charge in [0.2, 0.25) is 5.91 Å². The van der Waals surface area contributed by atoms with Crippen LogP contribution in [0.5, 0.6) is 0 Å². The van der Waals surface area contributed by atoms with Crippen LogP contribution in [0.2, 0.25) is 0 Å². The highest BCUT2D eigenvalue weighted by Crippen LogP contribution is 2.34. The molecule has 3 atom stereocenters. The maximum absolute atomic E-state index is 12.6. The van der Waals surface area contributed by atoms with Crippen LogP contribution in [-0.4, -0.2) is 72.5 Å². The highest BCUT2D eigenvalue weighted by Gasteiger charge is 2.42. The van der Waals surface area contributed by atoms with Crippen LogP contribution >= 0.6 is 0 Å². The van der Waals surface area contributed by atoms with E-state index in [9.17, 15) is 4.79 Å². The first kappa shape index (κ1) is 17.7. The Labute approximate surface area is 155 Å². The van der Waals surface area contributed by atoms with E-state index in [-0.39, 0.29) is 18.1 Å². The van der Waals surface area contributed by atoms with Crippen molar-refractivity contribution in [1.82, 2.24) is 20.4 Å². The van der Waals surface area contributed by atoms with Crippen LogP contribution in [0, 0.1) is 12.8 Å². The molecule has 0 unspecified atom stereocenters. The maximum Gasteiger partial charge on any atom is 0.249 e. The maximum atomic E-state index is 12.6. The van der Waals surface area contributed by atoms with E-state index in [1.165, 1.54) is 0 Å². The van der Waals surface area contributed by atoms with Gasteiger partial charge in [-0.1, -0.05) is 0 Å². The fourth-order valence-corrected chi connectivity index (χ4v) is 4.31. The zero-order valence-corrected chi connectivity index (χ0v) is 15.7. The molecule has 0 aliphatic carbocycles. The summed E-state index contributed by atoms with van der Waals surface area (Å²) in [4.78, 5) is 17.2.